The van der Waals surface area contributed by atoms with Crippen LogP contribution in [0.3, 0.4) is 0 Å². The Morgan fingerprint density at radius 2 is 1.93 bits per heavy atom. The molecule has 1 aliphatic carbocycles. The normalized spacial score (nSPS) is 16.2. The molecule has 7 heteroatoms. The smallest absolute Gasteiger partial charge is 0.180 e. The van der Waals surface area contributed by atoms with Gasteiger partial charge in [-0.25, -0.2) is 8.42 Å². The molecule has 0 spiro atoms. The molecule has 0 fully saturated rings. The summed E-state index contributed by atoms with van der Waals surface area (Å²) in [5.74, 6) is 0.147. The molecule has 0 amide bonds. The van der Waals surface area contributed by atoms with Crippen molar-refractivity contribution in [1.82, 2.24) is 9.78 Å². The zero-order chi connectivity index (χ0) is 20.6. The van der Waals surface area contributed by atoms with Gasteiger partial charge in [0.15, 0.2) is 9.84 Å². The van der Waals surface area contributed by atoms with Crippen LogP contribution in [0.1, 0.15) is 27.9 Å². The monoisotopic (exact) mass is 430 g/mol. The molecule has 0 saturated carbocycles. The van der Waals surface area contributed by atoms with Crippen molar-refractivity contribution in [3.05, 3.63) is 81.6 Å². The van der Waals surface area contributed by atoms with E-state index in [0.717, 1.165) is 29.7 Å². The van der Waals surface area contributed by atoms with Crippen molar-refractivity contribution in [3.8, 4) is 0 Å². The number of aryl methyl sites for hydroxylation is 1. The zero-order valence-electron chi connectivity index (χ0n) is 16.2. The molecule has 3 aromatic rings. The molecule has 1 heterocycles. The molecule has 0 aliphatic heterocycles. The minimum Gasteiger partial charge on any atom is -0.392 e. The van der Waals surface area contributed by atoms with E-state index < -0.39 is 9.84 Å². The van der Waals surface area contributed by atoms with Crippen LogP contribution < -0.4 is 0 Å². The van der Waals surface area contributed by atoms with Gasteiger partial charge in [-0.2, -0.15) is 5.10 Å². The lowest BCUT2D eigenvalue weighted by Crippen LogP contribution is -2.17. The summed E-state index contributed by atoms with van der Waals surface area (Å²) in [7, 11) is -3.43. The van der Waals surface area contributed by atoms with Crippen LogP contribution in [0.25, 0.3) is 0 Å². The Morgan fingerprint density at radius 3 is 2.66 bits per heavy atom. The largest absolute Gasteiger partial charge is 0.392 e. The van der Waals surface area contributed by atoms with Gasteiger partial charge in [-0.3, -0.25) is 4.68 Å². The van der Waals surface area contributed by atoms with Gasteiger partial charge in [-0.1, -0.05) is 41.9 Å². The quantitative estimate of drug-likeness (QED) is 0.648. The van der Waals surface area contributed by atoms with Gasteiger partial charge in [-0.05, 0) is 54.5 Å². The highest BCUT2D eigenvalue weighted by Crippen LogP contribution is 2.31. The molecule has 1 atom stereocenters. The lowest BCUT2D eigenvalue weighted by molar-refractivity contribution is 0.281. The van der Waals surface area contributed by atoms with E-state index in [0.29, 0.717) is 6.54 Å². The van der Waals surface area contributed by atoms with E-state index in [1.165, 1.54) is 11.1 Å². The lowest BCUT2D eigenvalue weighted by atomic mass is 10.1. The van der Waals surface area contributed by atoms with E-state index in [-0.39, 0.29) is 28.2 Å². The number of halogens is 1. The second kappa shape index (κ2) is 7.94. The Balaban J connectivity index is 1.48. The molecule has 1 aliphatic rings. The van der Waals surface area contributed by atoms with Crippen molar-refractivity contribution in [2.24, 2.45) is 5.92 Å². The van der Waals surface area contributed by atoms with Crippen LogP contribution >= 0.6 is 11.6 Å². The maximum Gasteiger partial charge on any atom is 0.180 e. The Morgan fingerprint density at radius 1 is 1.17 bits per heavy atom. The summed E-state index contributed by atoms with van der Waals surface area (Å²) in [6.45, 7) is 2.49. The molecule has 4 rings (SSSR count). The molecule has 2 aromatic carbocycles. The minimum atomic E-state index is -3.43. The standard InChI is InChI=1S/C22H23ClN2O3S/c1-15-20(13-26)12-25(24-15)11-16-6-7-18-9-17(10-19(18)8-16)14-29(27,28)22-5-3-2-4-21(22)23/h2-8,12,17,26H,9-11,13-14H2,1H3/t17-/m1/s1. The van der Waals surface area contributed by atoms with Gasteiger partial charge in [-0.15, -0.1) is 0 Å². The Bertz CT molecular complexity index is 1150. The number of hydrogen-bond acceptors (Lipinski definition) is 4. The summed E-state index contributed by atoms with van der Waals surface area (Å²) in [4.78, 5) is 0.215. The lowest BCUT2D eigenvalue weighted by Gasteiger charge is -2.11. The van der Waals surface area contributed by atoms with Gasteiger partial charge in [0.25, 0.3) is 0 Å². The average molecular weight is 431 g/mol. The first-order valence-corrected chi connectivity index (χ1v) is 11.6. The molecular formula is C22H23ClN2O3S. The molecule has 152 valence electrons. The van der Waals surface area contributed by atoms with E-state index >= 15 is 0 Å². The molecule has 5 nitrogen and oxygen atoms in total. The van der Waals surface area contributed by atoms with Gasteiger partial charge in [0.1, 0.15) is 0 Å². The number of aromatic nitrogens is 2. The number of sulfone groups is 1. The van der Waals surface area contributed by atoms with Crippen LogP contribution in [0.2, 0.25) is 5.02 Å². The van der Waals surface area contributed by atoms with Crippen molar-refractivity contribution in [1.29, 1.82) is 0 Å². The highest BCUT2D eigenvalue weighted by molar-refractivity contribution is 7.91. The van der Waals surface area contributed by atoms with E-state index in [2.05, 4.69) is 23.3 Å². The summed E-state index contributed by atoms with van der Waals surface area (Å²) in [6, 6.07) is 12.9. The number of aliphatic hydroxyl groups is 1. The van der Waals surface area contributed by atoms with Crippen molar-refractivity contribution in [2.75, 3.05) is 5.75 Å². The van der Waals surface area contributed by atoms with E-state index in [1.54, 1.807) is 24.3 Å². The van der Waals surface area contributed by atoms with Crippen LogP contribution in [-0.2, 0) is 35.8 Å². The zero-order valence-corrected chi connectivity index (χ0v) is 17.7. The second-order valence-electron chi connectivity index (χ2n) is 7.68. The Hall–Kier alpha value is -2.15. The molecule has 29 heavy (non-hydrogen) atoms. The van der Waals surface area contributed by atoms with Crippen LogP contribution in [-0.4, -0.2) is 29.1 Å². The Labute approximate surface area is 175 Å². The highest BCUT2D eigenvalue weighted by atomic mass is 35.5. The summed E-state index contributed by atoms with van der Waals surface area (Å²) < 4.78 is 27.5. The molecule has 0 unspecified atom stereocenters. The van der Waals surface area contributed by atoms with Crippen LogP contribution in [0.15, 0.2) is 53.6 Å². The fraction of sp³-hybridized carbons (Fsp3) is 0.318. The molecule has 0 bridgehead atoms. The van der Waals surface area contributed by atoms with Gasteiger partial charge < -0.3 is 5.11 Å². The van der Waals surface area contributed by atoms with Gasteiger partial charge in [0.05, 0.1) is 34.5 Å². The topological polar surface area (TPSA) is 72.2 Å². The average Bonchev–Trinajstić information content (AvgIpc) is 3.23. The summed E-state index contributed by atoms with van der Waals surface area (Å²) in [6.07, 6.45) is 3.36. The first-order valence-electron chi connectivity index (χ1n) is 9.57. The molecular weight excluding hydrogens is 408 g/mol. The minimum absolute atomic E-state index is 0.0163. The highest BCUT2D eigenvalue weighted by Gasteiger charge is 2.28. The van der Waals surface area contributed by atoms with Crippen LogP contribution in [0, 0.1) is 12.8 Å². The maximum absolute atomic E-state index is 12.8. The molecule has 0 saturated heterocycles. The van der Waals surface area contributed by atoms with Crippen molar-refractivity contribution in [3.63, 3.8) is 0 Å². The fourth-order valence-corrected chi connectivity index (χ4v) is 6.23. The summed E-state index contributed by atoms with van der Waals surface area (Å²) in [5, 5.41) is 14.1. The van der Waals surface area contributed by atoms with Crippen molar-refractivity contribution < 1.29 is 13.5 Å². The molecule has 1 N–H and O–H groups in total. The Kier molecular flexibility index (Phi) is 5.51. The van der Waals surface area contributed by atoms with E-state index in [9.17, 15) is 13.5 Å². The predicted octanol–water partition coefficient (Wildman–Crippen LogP) is 3.57. The van der Waals surface area contributed by atoms with Gasteiger partial charge in [0.2, 0.25) is 0 Å². The van der Waals surface area contributed by atoms with Crippen LogP contribution in [0.5, 0.6) is 0 Å². The van der Waals surface area contributed by atoms with E-state index in [4.69, 9.17) is 11.6 Å². The molecule has 0 radical (unpaired) electrons. The first-order chi connectivity index (χ1) is 13.9. The van der Waals surface area contributed by atoms with Crippen molar-refractivity contribution >= 4 is 21.4 Å². The third-order valence-electron chi connectivity index (χ3n) is 5.48. The number of fused-ring (bicyclic) bond motifs is 1. The SMILES string of the molecule is Cc1nn(Cc2ccc3c(c2)C[C@H](CS(=O)(=O)c2ccccc2Cl)C3)cc1CO. The molecule has 1 aromatic heterocycles. The van der Waals surface area contributed by atoms with Crippen LogP contribution in [0.4, 0.5) is 0 Å². The third-order valence-corrected chi connectivity index (χ3v) is 7.86. The predicted molar refractivity (Wildman–Crippen MR) is 113 cm³/mol. The van der Waals surface area contributed by atoms with E-state index in [1.807, 2.05) is 17.8 Å². The summed E-state index contributed by atoms with van der Waals surface area (Å²) in [5.41, 5.74) is 5.19. The third kappa shape index (κ3) is 4.25. The fourth-order valence-electron chi connectivity index (χ4n) is 4.06. The second-order valence-corrected chi connectivity index (χ2v) is 10.1. The first kappa shape index (κ1) is 20.1. The number of hydrogen-bond donors (Lipinski definition) is 1. The summed E-state index contributed by atoms with van der Waals surface area (Å²) >= 11 is 6.10. The maximum atomic E-state index is 12.8. The van der Waals surface area contributed by atoms with Gasteiger partial charge in [0, 0.05) is 11.8 Å². The number of rotatable bonds is 6. The number of nitrogens with zero attached hydrogens (tertiary/aromatic N) is 2. The van der Waals surface area contributed by atoms with Gasteiger partial charge >= 0.3 is 0 Å². The van der Waals surface area contributed by atoms with Crippen molar-refractivity contribution in [2.45, 2.75) is 37.8 Å². The number of aliphatic hydroxyl groups excluding tert-OH is 1. The number of benzene rings is 2.